The van der Waals surface area contributed by atoms with Crippen molar-refractivity contribution < 1.29 is 9.59 Å². The van der Waals surface area contributed by atoms with Crippen LogP contribution in [-0.2, 0) is 11.8 Å². The van der Waals surface area contributed by atoms with Gasteiger partial charge < -0.3 is 10.6 Å². The number of amides is 2. The minimum Gasteiger partial charge on any atom is -0.325 e. The Kier molecular flexibility index (Phi) is 5.98. The minimum absolute atomic E-state index is 0.158. The first-order chi connectivity index (χ1) is 13.5. The number of nitriles is 1. The minimum atomic E-state index is -0.307. The number of anilines is 2. The molecule has 0 unspecified atom stereocenters. The molecular weight excluding hydrogens is 378 g/mol. The van der Waals surface area contributed by atoms with Gasteiger partial charge in [-0.3, -0.25) is 9.59 Å². The summed E-state index contributed by atoms with van der Waals surface area (Å²) >= 11 is 1.22. The number of nitrogens with one attached hydrogen (secondary N) is 2. The van der Waals surface area contributed by atoms with Gasteiger partial charge in [0.05, 0.1) is 17.4 Å². The second-order valence-electron chi connectivity index (χ2n) is 5.65. The maximum absolute atomic E-state index is 12.3. The lowest BCUT2D eigenvalue weighted by Gasteiger charge is -2.08. The van der Waals surface area contributed by atoms with Gasteiger partial charge in [0, 0.05) is 24.0 Å². The molecule has 9 nitrogen and oxygen atoms in total. The lowest BCUT2D eigenvalue weighted by atomic mass is 10.1. The van der Waals surface area contributed by atoms with Gasteiger partial charge in [-0.2, -0.15) is 5.26 Å². The number of thioether (sulfide) groups is 1. The van der Waals surface area contributed by atoms with Crippen LogP contribution in [0, 0.1) is 11.3 Å². The van der Waals surface area contributed by atoms with Crippen LogP contribution >= 0.6 is 11.8 Å². The topological polar surface area (TPSA) is 126 Å². The van der Waals surface area contributed by atoms with Gasteiger partial charge in [-0.25, -0.2) is 4.68 Å². The molecule has 2 N–H and O–H groups in total. The Bertz CT molecular complexity index is 1040. The van der Waals surface area contributed by atoms with E-state index in [0.717, 1.165) is 0 Å². The first-order valence-corrected chi connectivity index (χ1v) is 9.10. The molecule has 0 aliphatic heterocycles. The van der Waals surface area contributed by atoms with Gasteiger partial charge in [0.15, 0.2) is 0 Å². The molecule has 2 amide bonds. The van der Waals surface area contributed by atoms with E-state index in [1.54, 1.807) is 55.6 Å². The highest BCUT2D eigenvalue weighted by Gasteiger charge is 2.10. The summed E-state index contributed by atoms with van der Waals surface area (Å²) in [5, 5.41) is 25.9. The molecule has 0 saturated carbocycles. The summed E-state index contributed by atoms with van der Waals surface area (Å²) in [4.78, 5) is 24.3. The zero-order chi connectivity index (χ0) is 19.9. The number of aryl methyl sites for hydroxylation is 1. The SMILES string of the molecule is Cn1nnnc1SCC(=O)Nc1ccc(C(=O)Nc2cccc(C#N)c2)cc1. The van der Waals surface area contributed by atoms with Crippen LogP contribution in [0.3, 0.4) is 0 Å². The van der Waals surface area contributed by atoms with Crippen molar-refractivity contribution in [1.82, 2.24) is 20.2 Å². The first-order valence-electron chi connectivity index (χ1n) is 8.12. The fraction of sp³-hybridized carbons (Fsp3) is 0.111. The van der Waals surface area contributed by atoms with Crippen molar-refractivity contribution in [2.75, 3.05) is 16.4 Å². The molecule has 10 heteroatoms. The predicted molar refractivity (Wildman–Crippen MR) is 104 cm³/mol. The number of nitrogens with zero attached hydrogens (tertiary/aromatic N) is 5. The molecule has 3 aromatic rings. The number of carbonyl (C=O) groups is 2. The van der Waals surface area contributed by atoms with Crippen LogP contribution in [-0.4, -0.2) is 37.8 Å². The molecule has 0 atom stereocenters. The number of rotatable bonds is 6. The zero-order valence-electron chi connectivity index (χ0n) is 14.8. The summed E-state index contributed by atoms with van der Waals surface area (Å²) in [6.07, 6.45) is 0. The van der Waals surface area contributed by atoms with Crippen LogP contribution in [0.5, 0.6) is 0 Å². The van der Waals surface area contributed by atoms with Crippen molar-refractivity contribution in [1.29, 1.82) is 5.26 Å². The van der Waals surface area contributed by atoms with E-state index in [2.05, 4.69) is 26.2 Å². The van der Waals surface area contributed by atoms with E-state index in [1.807, 2.05) is 6.07 Å². The van der Waals surface area contributed by atoms with Gasteiger partial charge in [-0.05, 0) is 52.9 Å². The van der Waals surface area contributed by atoms with Gasteiger partial charge >= 0.3 is 0 Å². The quantitative estimate of drug-likeness (QED) is 0.614. The van der Waals surface area contributed by atoms with Crippen molar-refractivity contribution in [3.05, 3.63) is 59.7 Å². The number of tetrazole rings is 1. The van der Waals surface area contributed by atoms with E-state index in [1.165, 1.54) is 16.4 Å². The standard InChI is InChI=1S/C18H15N7O2S/c1-25-18(22-23-24-25)28-11-16(26)20-14-7-5-13(6-8-14)17(27)21-15-4-2-3-12(9-15)10-19/h2-9H,11H2,1H3,(H,20,26)(H,21,27). The van der Waals surface area contributed by atoms with E-state index in [0.29, 0.717) is 27.7 Å². The average molecular weight is 393 g/mol. The van der Waals surface area contributed by atoms with Crippen LogP contribution in [0.1, 0.15) is 15.9 Å². The van der Waals surface area contributed by atoms with E-state index in [-0.39, 0.29) is 17.6 Å². The second-order valence-corrected chi connectivity index (χ2v) is 6.59. The lowest BCUT2D eigenvalue weighted by molar-refractivity contribution is -0.113. The lowest BCUT2D eigenvalue weighted by Crippen LogP contribution is -2.15. The normalized spacial score (nSPS) is 10.1. The fourth-order valence-corrected chi connectivity index (χ4v) is 2.90. The smallest absolute Gasteiger partial charge is 0.255 e. The van der Waals surface area contributed by atoms with E-state index >= 15 is 0 Å². The number of benzene rings is 2. The summed E-state index contributed by atoms with van der Waals surface area (Å²) in [6.45, 7) is 0. The molecule has 0 aliphatic carbocycles. The molecular formula is C18H15N7O2S. The summed E-state index contributed by atoms with van der Waals surface area (Å²) in [6, 6.07) is 15.2. The molecule has 0 saturated heterocycles. The van der Waals surface area contributed by atoms with Crippen molar-refractivity contribution in [3.8, 4) is 6.07 Å². The molecule has 0 aliphatic rings. The van der Waals surface area contributed by atoms with E-state index in [4.69, 9.17) is 5.26 Å². The van der Waals surface area contributed by atoms with Gasteiger partial charge in [0.2, 0.25) is 11.1 Å². The monoisotopic (exact) mass is 393 g/mol. The van der Waals surface area contributed by atoms with E-state index in [9.17, 15) is 9.59 Å². The molecule has 140 valence electrons. The van der Waals surface area contributed by atoms with Gasteiger partial charge in [-0.15, -0.1) is 5.10 Å². The van der Waals surface area contributed by atoms with Crippen LogP contribution in [0.4, 0.5) is 11.4 Å². The summed E-state index contributed by atoms with van der Waals surface area (Å²) in [5.41, 5.74) is 2.01. The number of hydrogen-bond acceptors (Lipinski definition) is 7. The Hall–Kier alpha value is -3.71. The van der Waals surface area contributed by atoms with Gasteiger partial charge in [0.25, 0.3) is 5.91 Å². The molecule has 0 bridgehead atoms. The Morgan fingerprint density at radius 1 is 1.14 bits per heavy atom. The maximum Gasteiger partial charge on any atom is 0.255 e. The highest BCUT2D eigenvalue weighted by molar-refractivity contribution is 7.99. The molecule has 28 heavy (non-hydrogen) atoms. The average Bonchev–Trinajstić information content (AvgIpc) is 3.12. The third-order valence-electron chi connectivity index (χ3n) is 3.59. The van der Waals surface area contributed by atoms with Crippen molar-refractivity contribution in [2.24, 2.45) is 7.05 Å². The highest BCUT2D eigenvalue weighted by atomic mass is 32.2. The van der Waals surface area contributed by atoms with Gasteiger partial charge in [-0.1, -0.05) is 17.8 Å². The Balaban J connectivity index is 1.55. The summed E-state index contributed by atoms with van der Waals surface area (Å²) in [5.74, 6) is -0.358. The fourth-order valence-electron chi connectivity index (χ4n) is 2.25. The second kappa shape index (κ2) is 8.79. The van der Waals surface area contributed by atoms with Crippen LogP contribution in [0.25, 0.3) is 0 Å². The van der Waals surface area contributed by atoms with Crippen molar-refractivity contribution >= 4 is 35.0 Å². The highest BCUT2D eigenvalue weighted by Crippen LogP contribution is 2.16. The Morgan fingerprint density at radius 2 is 1.93 bits per heavy atom. The predicted octanol–water partition coefficient (Wildman–Crippen LogP) is 2.06. The number of carbonyl (C=O) groups excluding carboxylic acids is 2. The molecule has 0 spiro atoms. The Morgan fingerprint density at radius 3 is 2.61 bits per heavy atom. The molecule has 3 rings (SSSR count). The first kappa shape index (κ1) is 19.1. The van der Waals surface area contributed by atoms with Crippen LogP contribution < -0.4 is 10.6 Å². The largest absolute Gasteiger partial charge is 0.325 e. The summed E-state index contributed by atoms with van der Waals surface area (Å²) in [7, 11) is 1.70. The van der Waals surface area contributed by atoms with Gasteiger partial charge in [0.1, 0.15) is 0 Å². The number of hydrogen-bond donors (Lipinski definition) is 2. The number of aromatic nitrogens is 4. The van der Waals surface area contributed by atoms with Crippen LogP contribution in [0.2, 0.25) is 0 Å². The molecule has 1 aromatic heterocycles. The Labute approximate surface area is 164 Å². The van der Waals surface area contributed by atoms with Crippen LogP contribution in [0.15, 0.2) is 53.7 Å². The third-order valence-corrected chi connectivity index (χ3v) is 4.60. The van der Waals surface area contributed by atoms with Crippen molar-refractivity contribution in [2.45, 2.75) is 5.16 Å². The molecule has 2 aromatic carbocycles. The zero-order valence-corrected chi connectivity index (χ0v) is 15.6. The molecule has 0 radical (unpaired) electrons. The van der Waals surface area contributed by atoms with Crippen molar-refractivity contribution in [3.63, 3.8) is 0 Å². The van der Waals surface area contributed by atoms with E-state index < -0.39 is 0 Å². The maximum atomic E-state index is 12.3. The molecule has 0 fully saturated rings. The summed E-state index contributed by atoms with van der Waals surface area (Å²) < 4.78 is 1.48. The third kappa shape index (κ3) is 4.93. The molecule has 1 heterocycles.